The molecule has 0 bridgehead atoms. The molecule has 27 heavy (non-hydrogen) atoms. The smallest absolute Gasteiger partial charge is 0.407 e. The Hall–Kier alpha value is -2.96. The highest BCUT2D eigenvalue weighted by molar-refractivity contribution is 5.79. The van der Waals surface area contributed by atoms with Crippen molar-refractivity contribution in [2.24, 2.45) is 11.8 Å². The Balaban J connectivity index is 1.38. The second-order valence-electron chi connectivity index (χ2n) is 6.80. The standard InChI is InChI=1S/C20H17F2NO4/c21-20(22)16(17(20)18(24)25)9-23-19(26)27-10-15-13-7-3-1-5-11(13)12-6-2-4-8-14(12)15/h1-8,15-17H,9-10H2,(H,23,26)(H,24,25)/t16-,17+/m1/s1. The highest BCUT2D eigenvalue weighted by Gasteiger charge is 2.72. The number of fused-ring (bicyclic) bond motifs is 3. The van der Waals surface area contributed by atoms with Crippen LogP contribution in [0, 0.1) is 11.8 Å². The van der Waals surface area contributed by atoms with E-state index in [9.17, 15) is 18.4 Å². The van der Waals surface area contributed by atoms with E-state index in [-0.39, 0.29) is 12.5 Å². The van der Waals surface area contributed by atoms with Crippen molar-refractivity contribution in [2.75, 3.05) is 13.2 Å². The van der Waals surface area contributed by atoms with Crippen molar-refractivity contribution < 1.29 is 28.2 Å². The summed E-state index contributed by atoms with van der Waals surface area (Å²) in [5.41, 5.74) is 4.27. The highest BCUT2D eigenvalue weighted by Crippen LogP contribution is 2.54. The molecule has 0 heterocycles. The minimum atomic E-state index is -3.29. The van der Waals surface area contributed by atoms with Crippen LogP contribution in [0.15, 0.2) is 48.5 Å². The summed E-state index contributed by atoms with van der Waals surface area (Å²) in [5, 5.41) is 11.0. The van der Waals surface area contributed by atoms with Gasteiger partial charge in [0.15, 0.2) is 0 Å². The van der Waals surface area contributed by atoms with Crippen LogP contribution < -0.4 is 5.32 Å². The van der Waals surface area contributed by atoms with Crippen molar-refractivity contribution in [1.82, 2.24) is 5.32 Å². The zero-order chi connectivity index (χ0) is 19.2. The van der Waals surface area contributed by atoms with Crippen LogP contribution in [0.3, 0.4) is 0 Å². The van der Waals surface area contributed by atoms with Crippen LogP contribution in [0.2, 0.25) is 0 Å². The number of hydrogen-bond donors (Lipinski definition) is 2. The van der Waals surface area contributed by atoms with Gasteiger partial charge in [-0.3, -0.25) is 4.79 Å². The number of amides is 1. The van der Waals surface area contributed by atoms with Gasteiger partial charge in [-0.1, -0.05) is 48.5 Å². The molecule has 5 nitrogen and oxygen atoms in total. The van der Waals surface area contributed by atoms with Crippen LogP contribution in [-0.4, -0.2) is 36.2 Å². The number of carbonyl (C=O) groups excluding carboxylic acids is 1. The van der Waals surface area contributed by atoms with Gasteiger partial charge in [-0.2, -0.15) is 0 Å². The van der Waals surface area contributed by atoms with Gasteiger partial charge < -0.3 is 15.2 Å². The molecule has 2 aliphatic carbocycles. The van der Waals surface area contributed by atoms with Gasteiger partial charge >= 0.3 is 12.1 Å². The van der Waals surface area contributed by atoms with Gasteiger partial charge in [0.05, 0.1) is 5.92 Å². The quantitative estimate of drug-likeness (QED) is 0.841. The molecule has 2 aliphatic rings. The summed E-state index contributed by atoms with van der Waals surface area (Å²) in [6, 6.07) is 15.7. The molecule has 0 radical (unpaired) electrons. The molecule has 0 aromatic heterocycles. The Morgan fingerprint density at radius 2 is 1.59 bits per heavy atom. The summed E-state index contributed by atoms with van der Waals surface area (Å²) in [7, 11) is 0. The van der Waals surface area contributed by atoms with E-state index in [1.54, 1.807) is 0 Å². The monoisotopic (exact) mass is 373 g/mol. The maximum Gasteiger partial charge on any atom is 0.407 e. The molecule has 2 aromatic rings. The third-order valence-electron chi connectivity index (χ3n) is 5.28. The third-order valence-corrected chi connectivity index (χ3v) is 5.28. The minimum absolute atomic E-state index is 0.0727. The van der Waals surface area contributed by atoms with E-state index in [1.807, 2.05) is 48.5 Å². The molecular formula is C20H17F2NO4. The number of benzene rings is 2. The van der Waals surface area contributed by atoms with Crippen LogP contribution in [0.4, 0.5) is 13.6 Å². The highest BCUT2D eigenvalue weighted by atomic mass is 19.3. The van der Waals surface area contributed by atoms with Crippen LogP contribution in [0.1, 0.15) is 17.0 Å². The fourth-order valence-corrected chi connectivity index (χ4v) is 3.82. The van der Waals surface area contributed by atoms with Crippen molar-refractivity contribution in [1.29, 1.82) is 0 Å². The summed E-state index contributed by atoms with van der Waals surface area (Å²) in [5.74, 6) is -8.11. The van der Waals surface area contributed by atoms with E-state index in [1.165, 1.54) is 0 Å². The molecule has 0 spiro atoms. The van der Waals surface area contributed by atoms with Crippen molar-refractivity contribution in [2.45, 2.75) is 11.8 Å². The average molecular weight is 373 g/mol. The molecule has 0 aliphatic heterocycles. The molecule has 7 heteroatoms. The third kappa shape index (κ3) is 2.93. The molecule has 1 fully saturated rings. The Bertz CT molecular complexity index is 869. The predicted molar refractivity (Wildman–Crippen MR) is 92.6 cm³/mol. The minimum Gasteiger partial charge on any atom is -0.481 e. The van der Waals surface area contributed by atoms with E-state index in [0.29, 0.717) is 0 Å². The number of halogens is 2. The maximum absolute atomic E-state index is 13.4. The van der Waals surface area contributed by atoms with Crippen LogP contribution in [0.5, 0.6) is 0 Å². The lowest BCUT2D eigenvalue weighted by Crippen LogP contribution is -2.29. The van der Waals surface area contributed by atoms with Gasteiger partial charge in [0.1, 0.15) is 12.5 Å². The van der Waals surface area contributed by atoms with Gasteiger partial charge in [-0.15, -0.1) is 0 Å². The van der Waals surface area contributed by atoms with Crippen molar-refractivity contribution in [3.05, 3.63) is 59.7 Å². The fraction of sp³-hybridized carbons (Fsp3) is 0.300. The van der Waals surface area contributed by atoms with Crippen LogP contribution >= 0.6 is 0 Å². The van der Waals surface area contributed by atoms with E-state index in [0.717, 1.165) is 22.3 Å². The molecule has 0 saturated heterocycles. The summed E-state index contributed by atoms with van der Waals surface area (Å²) < 4.78 is 31.9. The number of alkyl halides is 2. The van der Waals surface area contributed by atoms with Gasteiger partial charge in [0.25, 0.3) is 5.92 Å². The second-order valence-corrected chi connectivity index (χ2v) is 6.80. The summed E-state index contributed by atoms with van der Waals surface area (Å²) in [6.07, 6.45) is -0.830. The molecule has 2 N–H and O–H groups in total. The van der Waals surface area contributed by atoms with Crippen molar-refractivity contribution >= 4 is 12.1 Å². The van der Waals surface area contributed by atoms with Gasteiger partial charge in [-0.25, -0.2) is 13.6 Å². The Kier molecular flexibility index (Phi) is 4.09. The first-order valence-corrected chi connectivity index (χ1v) is 8.60. The van der Waals surface area contributed by atoms with Crippen molar-refractivity contribution in [3.8, 4) is 11.1 Å². The first-order chi connectivity index (χ1) is 12.9. The van der Waals surface area contributed by atoms with Crippen molar-refractivity contribution in [3.63, 3.8) is 0 Å². The predicted octanol–water partition coefficient (Wildman–Crippen LogP) is 3.49. The topological polar surface area (TPSA) is 75.6 Å². The number of rotatable bonds is 5. The number of carboxylic acids is 1. The normalized spacial score (nSPS) is 21.9. The lowest BCUT2D eigenvalue weighted by atomic mass is 9.98. The van der Waals surface area contributed by atoms with Gasteiger partial charge in [0.2, 0.25) is 0 Å². The zero-order valence-corrected chi connectivity index (χ0v) is 14.2. The SMILES string of the molecule is O=C(NC[C@@H]1[C@@H](C(=O)O)C1(F)F)OCC1c2ccccc2-c2ccccc21. The number of ether oxygens (including phenoxy) is 1. The van der Waals surface area contributed by atoms with E-state index in [4.69, 9.17) is 9.84 Å². The van der Waals surface area contributed by atoms with E-state index in [2.05, 4.69) is 5.32 Å². The summed E-state index contributed by atoms with van der Waals surface area (Å²) in [6.45, 7) is -0.357. The zero-order valence-electron chi connectivity index (χ0n) is 14.2. The molecule has 0 unspecified atom stereocenters. The maximum atomic E-state index is 13.4. The van der Waals surface area contributed by atoms with Crippen LogP contribution in [0.25, 0.3) is 11.1 Å². The number of hydrogen-bond acceptors (Lipinski definition) is 3. The van der Waals surface area contributed by atoms with E-state index < -0.39 is 36.4 Å². The van der Waals surface area contributed by atoms with E-state index >= 15 is 0 Å². The number of carbonyl (C=O) groups is 2. The van der Waals surface area contributed by atoms with Gasteiger partial charge in [-0.05, 0) is 22.3 Å². The lowest BCUT2D eigenvalue weighted by molar-refractivity contribution is -0.140. The number of carboxylic acid groups (broad SMARTS) is 1. The number of alkyl carbamates (subject to hydrolysis) is 1. The Morgan fingerprint density at radius 1 is 1.04 bits per heavy atom. The summed E-state index contributed by atoms with van der Waals surface area (Å²) >= 11 is 0. The Labute approximate surface area is 154 Å². The van der Waals surface area contributed by atoms with Gasteiger partial charge in [0, 0.05) is 12.5 Å². The molecule has 2 atom stereocenters. The lowest BCUT2D eigenvalue weighted by Gasteiger charge is -2.14. The van der Waals surface area contributed by atoms with Crippen LogP contribution in [-0.2, 0) is 9.53 Å². The molecule has 1 saturated carbocycles. The first-order valence-electron chi connectivity index (χ1n) is 8.60. The molecule has 140 valence electrons. The molecular weight excluding hydrogens is 356 g/mol. The Morgan fingerprint density at radius 3 is 2.11 bits per heavy atom. The first kappa shape index (κ1) is 17.5. The second kappa shape index (κ2) is 6.33. The summed E-state index contributed by atoms with van der Waals surface area (Å²) in [4.78, 5) is 22.7. The largest absolute Gasteiger partial charge is 0.481 e. The molecule has 4 rings (SSSR count). The fourth-order valence-electron chi connectivity index (χ4n) is 3.82. The number of aliphatic carboxylic acids is 1. The average Bonchev–Trinajstić information content (AvgIpc) is 3.06. The molecule has 1 amide bonds. The number of nitrogens with one attached hydrogen (secondary N) is 1. The molecule has 2 aromatic carbocycles.